The molecule has 1 aromatic rings. The van der Waals surface area contributed by atoms with Gasteiger partial charge in [0.1, 0.15) is 18.8 Å². The molecule has 1 fully saturated rings. The van der Waals surface area contributed by atoms with Gasteiger partial charge in [-0.3, -0.25) is 24.0 Å². The van der Waals surface area contributed by atoms with Crippen LogP contribution < -0.4 is 5.32 Å². The van der Waals surface area contributed by atoms with Gasteiger partial charge in [-0.15, -0.1) is 0 Å². The van der Waals surface area contributed by atoms with E-state index < -0.39 is 102 Å². The molecule has 1 aliphatic rings. The Morgan fingerprint density at radius 3 is 1.50 bits per heavy atom. The first-order chi connectivity index (χ1) is 31.8. The summed E-state index contributed by atoms with van der Waals surface area (Å²) in [6, 6.07) is 8.18. The minimum atomic E-state index is -1.58. The van der Waals surface area contributed by atoms with Crippen LogP contribution in [0.15, 0.2) is 30.3 Å². The average Bonchev–Trinajstić information content (AvgIpc) is 3.25. The van der Waals surface area contributed by atoms with E-state index in [1.54, 1.807) is 83.1 Å². The van der Waals surface area contributed by atoms with E-state index in [0.29, 0.717) is 12.7 Å². The molecule has 2 rings (SSSR count). The molecule has 0 spiro atoms. The number of hydrogen-bond acceptors (Lipinski definition) is 13. The SMILES string of the molecule is CCCCCCCCCCCCCCCCC(=O)N[C@@H](CO[C@@H]1O[C@H](COC(=O)C(C)(C)C)[C@H](OC(=O)C(C)(C)C)[C@H](OC(=O)C(C)(C)C)[C@H]1OC(=O)C(C)(C)C)[C@@H](C=O)OCc1ccccc1. The van der Waals surface area contributed by atoms with Crippen molar-refractivity contribution < 1.29 is 61.9 Å². The molecule has 1 amide bonds. The molecule has 0 aliphatic carbocycles. The Labute approximate surface area is 408 Å². The van der Waals surface area contributed by atoms with Crippen molar-refractivity contribution in [3.8, 4) is 0 Å². The van der Waals surface area contributed by atoms with Gasteiger partial charge in [0.15, 0.2) is 30.9 Å². The number of rotatable bonds is 29. The minimum Gasteiger partial charge on any atom is -0.462 e. The molecule has 0 unspecified atom stereocenters. The van der Waals surface area contributed by atoms with Gasteiger partial charge >= 0.3 is 23.9 Å². The van der Waals surface area contributed by atoms with Gasteiger partial charge in [-0.1, -0.05) is 121 Å². The molecule has 1 aromatic carbocycles. The normalized spacial score (nSPS) is 19.9. The molecule has 0 radical (unpaired) electrons. The van der Waals surface area contributed by atoms with E-state index in [9.17, 15) is 28.8 Å². The largest absolute Gasteiger partial charge is 0.462 e. The molecule has 7 atom stereocenters. The van der Waals surface area contributed by atoms with Crippen LogP contribution in [-0.4, -0.2) is 92.1 Å². The Bertz CT molecular complexity index is 1670. The third kappa shape index (κ3) is 22.7. The smallest absolute Gasteiger partial charge is 0.311 e. The summed E-state index contributed by atoms with van der Waals surface area (Å²) in [5.74, 6) is -3.03. The van der Waals surface area contributed by atoms with Crippen molar-refractivity contribution in [2.75, 3.05) is 13.2 Å². The van der Waals surface area contributed by atoms with Gasteiger partial charge in [-0.25, -0.2) is 0 Å². The number of nitrogens with one attached hydrogen (secondary N) is 1. The van der Waals surface area contributed by atoms with Crippen LogP contribution in [0.25, 0.3) is 0 Å². The van der Waals surface area contributed by atoms with E-state index in [1.165, 1.54) is 64.2 Å². The predicted molar refractivity (Wildman–Crippen MR) is 261 cm³/mol. The van der Waals surface area contributed by atoms with Crippen LogP contribution in [-0.2, 0) is 68.5 Å². The van der Waals surface area contributed by atoms with Crippen LogP contribution >= 0.6 is 0 Å². The zero-order chi connectivity index (χ0) is 51.1. The zero-order valence-electron chi connectivity index (χ0n) is 44.0. The molecular formula is C54H89NO13. The molecule has 388 valence electrons. The topological polar surface area (TPSA) is 179 Å². The van der Waals surface area contributed by atoms with Crippen molar-refractivity contribution in [2.45, 2.75) is 236 Å². The fraction of sp³-hybridized carbons (Fsp3) is 0.778. The quantitative estimate of drug-likeness (QED) is 0.0347. The summed E-state index contributed by atoms with van der Waals surface area (Å²) in [5.41, 5.74) is -3.32. The van der Waals surface area contributed by atoms with E-state index in [1.807, 2.05) is 30.3 Å². The first kappa shape index (κ1) is 60.2. The molecule has 0 saturated carbocycles. The van der Waals surface area contributed by atoms with E-state index >= 15 is 0 Å². The molecule has 1 N–H and O–H groups in total. The fourth-order valence-corrected chi connectivity index (χ4v) is 7.02. The lowest BCUT2D eigenvalue weighted by Crippen LogP contribution is -2.64. The van der Waals surface area contributed by atoms with Gasteiger partial charge < -0.3 is 43.3 Å². The highest BCUT2D eigenvalue weighted by Crippen LogP contribution is 2.35. The van der Waals surface area contributed by atoms with Gasteiger partial charge in [-0.2, -0.15) is 0 Å². The maximum Gasteiger partial charge on any atom is 0.311 e. The standard InChI is InChI=1S/C54H89NO13/c1-14-15-16-17-18-19-20-21-22-23-24-25-26-30-33-42(57)55-39(40(34-56)62-35-38-31-28-27-29-32-38)36-63-46-45(68-50(61)54(11,12)13)44(67-49(60)53(8,9)10)43(66-48(59)52(5,6)7)41(65-46)37-64-47(58)51(2,3)4/h27-29,31-32,34,39-41,43-46H,14-26,30,33,35-37H2,1-13H3,(H,55,57)/t39-,40+,41+,43-,44-,45+,46+/m0/s1. The molecule has 14 nitrogen and oxygen atoms in total. The van der Waals surface area contributed by atoms with Crippen molar-refractivity contribution in [1.29, 1.82) is 0 Å². The van der Waals surface area contributed by atoms with Gasteiger partial charge in [0.2, 0.25) is 5.91 Å². The van der Waals surface area contributed by atoms with E-state index in [4.69, 9.17) is 33.2 Å². The molecule has 1 heterocycles. The van der Waals surface area contributed by atoms with Crippen LogP contribution in [0.3, 0.4) is 0 Å². The number of hydrogen-bond donors (Lipinski definition) is 1. The second kappa shape index (κ2) is 29.3. The van der Waals surface area contributed by atoms with Gasteiger partial charge in [0.05, 0.1) is 40.9 Å². The third-order valence-electron chi connectivity index (χ3n) is 11.5. The summed E-state index contributed by atoms with van der Waals surface area (Å²) in [6.45, 7) is 21.2. The number of carbonyl (C=O) groups is 6. The molecule has 68 heavy (non-hydrogen) atoms. The number of ether oxygens (including phenoxy) is 7. The predicted octanol–water partition coefficient (Wildman–Crippen LogP) is 10.3. The van der Waals surface area contributed by atoms with E-state index in [2.05, 4.69) is 12.2 Å². The zero-order valence-corrected chi connectivity index (χ0v) is 44.0. The summed E-state index contributed by atoms with van der Waals surface area (Å²) >= 11 is 0. The molecule has 0 aromatic heterocycles. The molecule has 0 bridgehead atoms. The summed E-state index contributed by atoms with van der Waals surface area (Å²) in [6.07, 6.45) is 8.63. The monoisotopic (exact) mass is 960 g/mol. The Morgan fingerprint density at radius 1 is 0.603 bits per heavy atom. The number of carbonyl (C=O) groups excluding carboxylic acids is 6. The summed E-state index contributed by atoms with van der Waals surface area (Å²) < 4.78 is 43.0. The molecule has 1 aliphatic heterocycles. The third-order valence-corrected chi connectivity index (χ3v) is 11.5. The Hall–Kier alpha value is -3.88. The number of amides is 1. The van der Waals surface area contributed by atoms with Crippen molar-refractivity contribution in [1.82, 2.24) is 5.32 Å². The van der Waals surface area contributed by atoms with Crippen molar-refractivity contribution in [3.05, 3.63) is 35.9 Å². The number of aldehydes is 1. The maximum atomic E-state index is 13.8. The lowest BCUT2D eigenvalue weighted by atomic mass is 9.93. The average molecular weight is 960 g/mol. The van der Waals surface area contributed by atoms with Crippen LogP contribution in [0, 0.1) is 21.7 Å². The van der Waals surface area contributed by atoms with Gasteiger partial charge in [0, 0.05) is 6.42 Å². The van der Waals surface area contributed by atoms with E-state index in [-0.39, 0.29) is 18.9 Å². The van der Waals surface area contributed by atoms with Crippen LogP contribution in [0.4, 0.5) is 0 Å². The number of benzene rings is 1. The van der Waals surface area contributed by atoms with Crippen LogP contribution in [0.5, 0.6) is 0 Å². The Morgan fingerprint density at radius 2 is 1.04 bits per heavy atom. The second-order valence-corrected chi connectivity index (χ2v) is 22.5. The number of unbranched alkanes of at least 4 members (excludes halogenated alkanes) is 13. The highest BCUT2D eigenvalue weighted by Gasteiger charge is 2.55. The molecular weight excluding hydrogens is 871 g/mol. The number of esters is 4. The van der Waals surface area contributed by atoms with Crippen molar-refractivity contribution in [2.24, 2.45) is 21.7 Å². The Kier molecular flexibility index (Phi) is 26.0. The highest BCUT2D eigenvalue weighted by atomic mass is 16.7. The minimum absolute atomic E-state index is 0.0498. The lowest BCUT2D eigenvalue weighted by Gasteiger charge is -2.46. The fourth-order valence-electron chi connectivity index (χ4n) is 7.02. The second-order valence-electron chi connectivity index (χ2n) is 22.5. The molecule has 14 heteroatoms. The summed E-state index contributed by atoms with van der Waals surface area (Å²) in [4.78, 5) is 80.7. The van der Waals surface area contributed by atoms with Crippen LogP contribution in [0.2, 0.25) is 0 Å². The summed E-state index contributed by atoms with van der Waals surface area (Å²) in [7, 11) is 0. The maximum absolute atomic E-state index is 13.8. The van der Waals surface area contributed by atoms with Crippen molar-refractivity contribution >= 4 is 36.1 Å². The van der Waals surface area contributed by atoms with Gasteiger partial charge in [-0.05, 0) is 95.1 Å². The van der Waals surface area contributed by atoms with Crippen molar-refractivity contribution in [3.63, 3.8) is 0 Å². The van der Waals surface area contributed by atoms with E-state index in [0.717, 1.165) is 24.8 Å². The first-order valence-electron chi connectivity index (χ1n) is 25.3. The summed E-state index contributed by atoms with van der Waals surface area (Å²) in [5, 5.41) is 2.95. The van der Waals surface area contributed by atoms with Crippen LogP contribution in [0.1, 0.15) is 192 Å². The highest BCUT2D eigenvalue weighted by molar-refractivity contribution is 5.78. The Balaban J connectivity index is 2.44. The first-order valence-corrected chi connectivity index (χ1v) is 25.3. The lowest BCUT2D eigenvalue weighted by molar-refractivity contribution is -0.313. The van der Waals surface area contributed by atoms with Gasteiger partial charge in [0.25, 0.3) is 0 Å². The molecule has 1 saturated heterocycles.